The van der Waals surface area contributed by atoms with Gasteiger partial charge in [-0.25, -0.2) is 8.78 Å². The first-order valence-corrected chi connectivity index (χ1v) is 11.5. The fraction of sp³-hybridized carbons (Fsp3) is 0.696. The van der Waals surface area contributed by atoms with E-state index in [0.29, 0.717) is 11.7 Å². The standard InChI is InChI=1S/C23H36F2N4O2/c1-3-22(20-6-5-18(24)17-21(20)25)28-10-12-29(13-11-28)23(26-2)27-9-4-14-31-19-7-15-30-16-8-19/h5-6,17,19,22H,3-4,7-16H2,1-2H3,(H,26,27). The number of hydrogen-bond donors (Lipinski definition) is 1. The Labute approximate surface area is 184 Å². The lowest BCUT2D eigenvalue weighted by atomic mass is 10.0. The van der Waals surface area contributed by atoms with Crippen molar-refractivity contribution in [3.63, 3.8) is 0 Å². The van der Waals surface area contributed by atoms with E-state index in [2.05, 4.69) is 20.1 Å². The van der Waals surface area contributed by atoms with Gasteiger partial charge in [-0.1, -0.05) is 13.0 Å². The second-order valence-corrected chi connectivity index (χ2v) is 8.12. The molecule has 3 rings (SSSR count). The van der Waals surface area contributed by atoms with Crippen LogP contribution in [-0.4, -0.2) is 81.5 Å². The van der Waals surface area contributed by atoms with Gasteiger partial charge in [-0.2, -0.15) is 0 Å². The third kappa shape index (κ3) is 6.85. The maximum Gasteiger partial charge on any atom is 0.193 e. The summed E-state index contributed by atoms with van der Waals surface area (Å²) < 4.78 is 38.9. The Hall–Kier alpha value is -1.77. The van der Waals surface area contributed by atoms with Crippen LogP contribution in [0.2, 0.25) is 0 Å². The fourth-order valence-corrected chi connectivity index (χ4v) is 4.39. The SMILES string of the molecule is CCC(c1ccc(F)cc1F)N1CCN(C(=NC)NCCCOC2CCOCC2)CC1. The van der Waals surface area contributed by atoms with E-state index in [1.165, 1.54) is 6.07 Å². The molecule has 1 aromatic rings. The summed E-state index contributed by atoms with van der Waals surface area (Å²) in [5.74, 6) is -0.101. The molecule has 2 saturated heterocycles. The molecular formula is C23H36F2N4O2. The third-order valence-corrected chi connectivity index (χ3v) is 6.10. The molecule has 31 heavy (non-hydrogen) atoms. The largest absolute Gasteiger partial charge is 0.381 e. The zero-order chi connectivity index (χ0) is 22.1. The first-order valence-electron chi connectivity index (χ1n) is 11.5. The Kier molecular flexibility index (Phi) is 9.49. The lowest BCUT2D eigenvalue weighted by Crippen LogP contribution is -2.53. The number of halogens is 2. The summed E-state index contributed by atoms with van der Waals surface area (Å²) in [6.07, 6.45) is 4.01. The van der Waals surface area contributed by atoms with Crippen LogP contribution < -0.4 is 5.32 Å². The second kappa shape index (κ2) is 12.3. The average Bonchev–Trinajstić information content (AvgIpc) is 2.79. The first kappa shape index (κ1) is 23.9. The Balaban J connectivity index is 1.41. The van der Waals surface area contributed by atoms with Crippen molar-refractivity contribution in [2.45, 2.75) is 44.8 Å². The van der Waals surface area contributed by atoms with Crippen molar-refractivity contribution in [2.24, 2.45) is 4.99 Å². The Morgan fingerprint density at radius 3 is 2.61 bits per heavy atom. The topological polar surface area (TPSA) is 49.3 Å². The lowest BCUT2D eigenvalue weighted by Gasteiger charge is -2.40. The van der Waals surface area contributed by atoms with Gasteiger partial charge >= 0.3 is 0 Å². The molecule has 2 aliphatic heterocycles. The molecule has 1 N–H and O–H groups in total. The quantitative estimate of drug-likeness (QED) is 0.384. The van der Waals surface area contributed by atoms with E-state index in [9.17, 15) is 8.78 Å². The molecular weight excluding hydrogens is 402 g/mol. The Bertz CT molecular complexity index is 705. The average molecular weight is 439 g/mol. The molecule has 0 aromatic heterocycles. The highest BCUT2D eigenvalue weighted by Crippen LogP contribution is 2.28. The van der Waals surface area contributed by atoms with Crippen molar-refractivity contribution in [2.75, 3.05) is 59.6 Å². The van der Waals surface area contributed by atoms with Crippen molar-refractivity contribution in [1.82, 2.24) is 15.1 Å². The van der Waals surface area contributed by atoms with Gasteiger partial charge in [0.2, 0.25) is 0 Å². The van der Waals surface area contributed by atoms with E-state index in [4.69, 9.17) is 9.47 Å². The number of nitrogens with one attached hydrogen (secondary N) is 1. The summed E-state index contributed by atoms with van der Waals surface area (Å²) >= 11 is 0. The number of piperazine rings is 1. The van der Waals surface area contributed by atoms with E-state index in [1.807, 2.05) is 6.92 Å². The van der Waals surface area contributed by atoms with Gasteiger partial charge in [0.1, 0.15) is 11.6 Å². The fourth-order valence-electron chi connectivity index (χ4n) is 4.39. The predicted octanol–water partition coefficient (Wildman–Crippen LogP) is 3.19. The normalized spacial score (nSPS) is 20.1. The molecule has 1 atom stereocenters. The van der Waals surface area contributed by atoms with Crippen LogP contribution in [0.4, 0.5) is 8.78 Å². The van der Waals surface area contributed by atoms with E-state index in [1.54, 1.807) is 13.1 Å². The van der Waals surface area contributed by atoms with Crippen LogP contribution in [-0.2, 0) is 9.47 Å². The van der Waals surface area contributed by atoms with Crippen LogP contribution in [0.3, 0.4) is 0 Å². The number of nitrogens with zero attached hydrogens (tertiary/aromatic N) is 3. The van der Waals surface area contributed by atoms with Gasteiger partial charge in [0, 0.05) is 77.3 Å². The minimum absolute atomic E-state index is 0.0416. The number of benzene rings is 1. The van der Waals surface area contributed by atoms with Gasteiger partial charge < -0.3 is 19.7 Å². The van der Waals surface area contributed by atoms with E-state index >= 15 is 0 Å². The Morgan fingerprint density at radius 2 is 1.97 bits per heavy atom. The lowest BCUT2D eigenvalue weighted by molar-refractivity contribution is -0.0320. The smallest absolute Gasteiger partial charge is 0.193 e. The molecule has 1 aromatic carbocycles. The van der Waals surface area contributed by atoms with Crippen LogP contribution in [0.5, 0.6) is 0 Å². The highest BCUT2D eigenvalue weighted by Gasteiger charge is 2.27. The van der Waals surface area contributed by atoms with Crippen LogP contribution in [0, 0.1) is 11.6 Å². The molecule has 0 amide bonds. The number of guanidine groups is 1. The highest BCUT2D eigenvalue weighted by molar-refractivity contribution is 5.79. The van der Waals surface area contributed by atoms with Crippen molar-refractivity contribution >= 4 is 5.96 Å². The third-order valence-electron chi connectivity index (χ3n) is 6.10. The number of aliphatic imine (C=N–C) groups is 1. The zero-order valence-corrected chi connectivity index (χ0v) is 18.8. The summed E-state index contributed by atoms with van der Waals surface area (Å²) in [6, 6.07) is 3.86. The molecule has 6 nitrogen and oxygen atoms in total. The van der Waals surface area contributed by atoms with Gasteiger partial charge in [0.15, 0.2) is 5.96 Å². The second-order valence-electron chi connectivity index (χ2n) is 8.12. The maximum atomic E-state index is 14.3. The molecule has 2 aliphatic rings. The summed E-state index contributed by atoms with van der Waals surface area (Å²) in [6.45, 7) is 8.45. The van der Waals surface area contributed by atoms with Gasteiger partial charge in [-0.3, -0.25) is 9.89 Å². The minimum Gasteiger partial charge on any atom is -0.381 e. The number of hydrogen-bond acceptors (Lipinski definition) is 4. The van der Waals surface area contributed by atoms with Crippen molar-refractivity contribution in [3.8, 4) is 0 Å². The highest BCUT2D eigenvalue weighted by atomic mass is 19.1. The molecule has 8 heteroatoms. The molecule has 174 valence electrons. The summed E-state index contributed by atoms with van der Waals surface area (Å²) in [5.41, 5.74) is 0.574. The van der Waals surface area contributed by atoms with Gasteiger partial charge in [-0.05, 0) is 31.7 Å². The summed E-state index contributed by atoms with van der Waals surface area (Å²) in [7, 11) is 1.80. The maximum absolute atomic E-state index is 14.3. The molecule has 0 spiro atoms. The molecule has 2 heterocycles. The Morgan fingerprint density at radius 1 is 1.23 bits per heavy atom. The molecule has 0 radical (unpaired) electrons. The minimum atomic E-state index is -0.533. The van der Waals surface area contributed by atoms with E-state index in [-0.39, 0.29) is 6.04 Å². The van der Waals surface area contributed by atoms with E-state index < -0.39 is 11.6 Å². The summed E-state index contributed by atoms with van der Waals surface area (Å²) in [5, 5.41) is 3.43. The van der Waals surface area contributed by atoms with Gasteiger partial charge in [0.25, 0.3) is 0 Å². The molecule has 1 unspecified atom stereocenters. The number of ether oxygens (including phenoxy) is 2. The van der Waals surface area contributed by atoms with Crippen LogP contribution in [0.25, 0.3) is 0 Å². The predicted molar refractivity (Wildman–Crippen MR) is 118 cm³/mol. The summed E-state index contributed by atoms with van der Waals surface area (Å²) in [4.78, 5) is 8.94. The molecule has 0 saturated carbocycles. The zero-order valence-electron chi connectivity index (χ0n) is 18.8. The monoisotopic (exact) mass is 438 g/mol. The van der Waals surface area contributed by atoms with Crippen LogP contribution >= 0.6 is 0 Å². The van der Waals surface area contributed by atoms with Gasteiger partial charge in [0.05, 0.1) is 6.10 Å². The van der Waals surface area contributed by atoms with E-state index in [0.717, 1.165) is 90.3 Å². The van der Waals surface area contributed by atoms with Gasteiger partial charge in [-0.15, -0.1) is 0 Å². The first-order chi connectivity index (χ1) is 15.1. The van der Waals surface area contributed by atoms with Crippen LogP contribution in [0.1, 0.15) is 44.2 Å². The van der Waals surface area contributed by atoms with Crippen molar-refractivity contribution in [1.29, 1.82) is 0 Å². The van der Waals surface area contributed by atoms with Crippen molar-refractivity contribution in [3.05, 3.63) is 35.4 Å². The molecule has 2 fully saturated rings. The van der Waals surface area contributed by atoms with Crippen molar-refractivity contribution < 1.29 is 18.3 Å². The number of rotatable bonds is 8. The van der Waals surface area contributed by atoms with Crippen LogP contribution in [0.15, 0.2) is 23.2 Å². The molecule has 0 bridgehead atoms. The molecule has 0 aliphatic carbocycles.